The first-order valence-electron chi connectivity index (χ1n) is 5.04. The van der Waals surface area contributed by atoms with E-state index < -0.39 is 21.6 Å². The number of carbonyl (C=O) groups excluding carboxylic acids is 1. The fourth-order valence-electron chi connectivity index (χ4n) is 1.33. The second-order valence-corrected chi connectivity index (χ2v) is 5.74. The van der Waals surface area contributed by atoms with Crippen molar-refractivity contribution in [2.75, 3.05) is 11.6 Å². The lowest BCUT2D eigenvalue weighted by molar-refractivity contribution is 0.102. The molecule has 1 aromatic carbocycles. The first-order chi connectivity index (χ1) is 8.88. The molecule has 0 aliphatic carbocycles. The summed E-state index contributed by atoms with van der Waals surface area (Å²) in [6.07, 6.45) is 2.15. The third kappa shape index (κ3) is 2.94. The van der Waals surface area contributed by atoms with Crippen molar-refractivity contribution in [2.45, 2.75) is 4.90 Å². The third-order valence-corrected chi connectivity index (χ3v) is 3.37. The summed E-state index contributed by atoms with van der Waals surface area (Å²) in [6.45, 7) is 0. The smallest absolute Gasteiger partial charge is 0.277 e. The molecule has 0 bridgehead atoms. The summed E-state index contributed by atoms with van der Waals surface area (Å²) in [6, 6.07) is 3.13. The van der Waals surface area contributed by atoms with Crippen molar-refractivity contribution in [1.82, 2.24) is 15.4 Å². The van der Waals surface area contributed by atoms with Gasteiger partial charge in [-0.1, -0.05) is 0 Å². The Morgan fingerprint density at radius 1 is 1.42 bits per heavy atom. The van der Waals surface area contributed by atoms with E-state index in [1.165, 1.54) is 0 Å². The van der Waals surface area contributed by atoms with Gasteiger partial charge in [0.25, 0.3) is 5.91 Å². The Bertz CT molecular complexity index is 712. The predicted molar refractivity (Wildman–Crippen MR) is 63.8 cm³/mol. The number of sulfone groups is 1. The van der Waals surface area contributed by atoms with Crippen LogP contribution in [0.15, 0.2) is 29.3 Å². The normalized spacial score (nSPS) is 11.3. The Labute approximate surface area is 107 Å². The van der Waals surface area contributed by atoms with Crippen LogP contribution in [0.2, 0.25) is 0 Å². The number of anilines is 1. The highest BCUT2D eigenvalue weighted by Crippen LogP contribution is 2.20. The number of halogens is 1. The first kappa shape index (κ1) is 13.1. The van der Waals surface area contributed by atoms with E-state index in [9.17, 15) is 17.6 Å². The van der Waals surface area contributed by atoms with E-state index in [2.05, 4.69) is 20.7 Å². The molecule has 2 aromatic rings. The Morgan fingerprint density at radius 3 is 2.74 bits per heavy atom. The highest BCUT2D eigenvalue weighted by molar-refractivity contribution is 7.90. The van der Waals surface area contributed by atoms with Gasteiger partial charge in [0, 0.05) is 6.26 Å². The van der Waals surface area contributed by atoms with Crippen LogP contribution in [0.25, 0.3) is 0 Å². The zero-order valence-corrected chi connectivity index (χ0v) is 10.5. The first-order valence-corrected chi connectivity index (χ1v) is 6.94. The van der Waals surface area contributed by atoms with E-state index in [1.54, 1.807) is 0 Å². The Morgan fingerprint density at radius 2 is 2.16 bits per heavy atom. The lowest BCUT2D eigenvalue weighted by Gasteiger charge is -2.06. The average Bonchev–Trinajstić information content (AvgIpc) is 2.84. The summed E-state index contributed by atoms with van der Waals surface area (Å²) in [5, 5.41) is 11.4. The standard InChI is InChI=1S/C10H9FN4O3S/c1-19(17,18)6-2-3-7(11)8(4-6)13-10(16)9-5-12-15-14-9/h2-5H,1H3,(H,13,16)(H,12,14,15). The topological polar surface area (TPSA) is 105 Å². The predicted octanol–water partition coefficient (Wildman–Crippen LogP) is 0.600. The maximum absolute atomic E-state index is 13.5. The number of H-pyrrole nitrogens is 1. The van der Waals surface area contributed by atoms with Crippen LogP contribution in [0.3, 0.4) is 0 Å². The molecule has 0 atom stereocenters. The van der Waals surface area contributed by atoms with Gasteiger partial charge in [-0.15, -0.1) is 0 Å². The molecule has 0 saturated carbocycles. The molecule has 19 heavy (non-hydrogen) atoms. The summed E-state index contributed by atoms with van der Waals surface area (Å²) >= 11 is 0. The number of carbonyl (C=O) groups is 1. The van der Waals surface area contributed by atoms with E-state index >= 15 is 0 Å². The summed E-state index contributed by atoms with van der Waals surface area (Å²) in [4.78, 5) is 11.5. The Hall–Kier alpha value is -2.29. The second kappa shape index (κ2) is 4.76. The lowest BCUT2D eigenvalue weighted by Crippen LogP contribution is -2.14. The number of hydrogen-bond donors (Lipinski definition) is 2. The van der Waals surface area contributed by atoms with Crippen LogP contribution in [0.1, 0.15) is 10.5 Å². The number of hydrogen-bond acceptors (Lipinski definition) is 5. The molecule has 1 amide bonds. The van der Waals surface area contributed by atoms with Crippen LogP contribution in [0.5, 0.6) is 0 Å². The molecule has 2 rings (SSSR count). The zero-order chi connectivity index (χ0) is 14.0. The van der Waals surface area contributed by atoms with Crippen LogP contribution >= 0.6 is 0 Å². The fraction of sp³-hybridized carbons (Fsp3) is 0.100. The molecule has 100 valence electrons. The number of aromatic amines is 1. The van der Waals surface area contributed by atoms with Crippen molar-refractivity contribution in [3.63, 3.8) is 0 Å². The van der Waals surface area contributed by atoms with Gasteiger partial charge >= 0.3 is 0 Å². The van der Waals surface area contributed by atoms with Crippen molar-refractivity contribution >= 4 is 21.4 Å². The molecular weight excluding hydrogens is 275 g/mol. The maximum atomic E-state index is 13.5. The van der Waals surface area contributed by atoms with E-state index in [0.29, 0.717) is 0 Å². The van der Waals surface area contributed by atoms with Gasteiger partial charge in [-0.05, 0) is 18.2 Å². The number of nitrogens with one attached hydrogen (secondary N) is 2. The van der Waals surface area contributed by atoms with Gasteiger partial charge in [0.05, 0.1) is 16.8 Å². The third-order valence-electron chi connectivity index (χ3n) is 2.26. The van der Waals surface area contributed by atoms with Gasteiger partial charge < -0.3 is 5.32 Å². The van der Waals surface area contributed by atoms with Crippen LogP contribution in [0, 0.1) is 5.82 Å². The number of benzene rings is 1. The van der Waals surface area contributed by atoms with Crippen LogP contribution in [-0.4, -0.2) is 36.0 Å². The molecule has 0 saturated heterocycles. The van der Waals surface area contributed by atoms with Gasteiger partial charge in [0.15, 0.2) is 15.5 Å². The monoisotopic (exact) mass is 284 g/mol. The molecule has 7 nitrogen and oxygen atoms in total. The zero-order valence-electron chi connectivity index (χ0n) is 9.71. The largest absolute Gasteiger partial charge is 0.318 e. The molecule has 0 fully saturated rings. The molecule has 0 unspecified atom stereocenters. The highest BCUT2D eigenvalue weighted by atomic mass is 32.2. The average molecular weight is 284 g/mol. The fourth-order valence-corrected chi connectivity index (χ4v) is 1.98. The summed E-state index contributed by atoms with van der Waals surface area (Å²) in [7, 11) is -3.48. The minimum absolute atomic E-state index is 0.0378. The summed E-state index contributed by atoms with van der Waals surface area (Å²) in [5.74, 6) is -1.44. The molecule has 0 aliphatic rings. The minimum Gasteiger partial charge on any atom is -0.318 e. The number of amides is 1. The van der Waals surface area contributed by atoms with Crippen molar-refractivity contribution in [1.29, 1.82) is 0 Å². The Kier molecular flexibility index (Phi) is 3.30. The molecule has 0 radical (unpaired) electrons. The van der Waals surface area contributed by atoms with Crippen LogP contribution < -0.4 is 5.32 Å². The van der Waals surface area contributed by atoms with E-state index in [1.807, 2.05) is 0 Å². The summed E-state index contributed by atoms with van der Waals surface area (Å²) < 4.78 is 36.2. The van der Waals surface area contributed by atoms with Gasteiger partial charge in [-0.25, -0.2) is 12.8 Å². The summed E-state index contributed by atoms with van der Waals surface area (Å²) in [5.41, 5.74) is -0.278. The van der Waals surface area contributed by atoms with Crippen molar-refractivity contribution in [2.24, 2.45) is 0 Å². The Balaban J connectivity index is 2.32. The molecule has 0 aliphatic heterocycles. The minimum atomic E-state index is -3.48. The molecule has 1 aromatic heterocycles. The van der Waals surface area contributed by atoms with E-state index in [0.717, 1.165) is 30.7 Å². The van der Waals surface area contributed by atoms with Gasteiger partial charge in [-0.3, -0.25) is 4.79 Å². The van der Waals surface area contributed by atoms with E-state index in [4.69, 9.17) is 0 Å². The molecule has 1 heterocycles. The van der Waals surface area contributed by atoms with Gasteiger partial charge in [0.1, 0.15) is 5.82 Å². The molecular formula is C10H9FN4O3S. The molecule has 2 N–H and O–H groups in total. The quantitative estimate of drug-likeness (QED) is 0.803. The number of rotatable bonds is 3. The van der Waals surface area contributed by atoms with E-state index in [-0.39, 0.29) is 16.3 Å². The van der Waals surface area contributed by atoms with Crippen molar-refractivity contribution in [3.05, 3.63) is 35.9 Å². The van der Waals surface area contributed by atoms with Crippen LogP contribution in [0.4, 0.5) is 10.1 Å². The number of aromatic nitrogens is 3. The number of nitrogens with zero attached hydrogens (tertiary/aromatic N) is 2. The van der Waals surface area contributed by atoms with Gasteiger partial charge in [0.2, 0.25) is 0 Å². The molecule has 0 spiro atoms. The maximum Gasteiger partial charge on any atom is 0.277 e. The lowest BCUT2D eigenvalue weighted by atomic mass is 10.3. The van der Waals surface area contributed by atoms with Crippen LogP contribution in [-0.2, 0) is 9.84 Å². The SMILES string of the molecule is CS(=O)(=O)c1ccc(F)c(NC(=O)c2cn[nH]n2)c1. The van der Waals surface area contributed by atoms with Crippen molar-refractivity contribution in [3.8, 4) is 0 Å². The van der Waals surface area contributed by atoms with Gasteiger partial charge in [-0.2, -0.15) is 15.4 Å². The molecule has 9 heteroatoms. The highest BCUT2D eigenvalue weighted by Gasteiger charge is 2.15. The van der Waals surface area contributed by atoms with Crippen molar-refractivity contribution < 1.29 is 17.6 Å². The second-order valence-electron chi connectivity index (χ2n) is 3.72.